The fourth-order valence-electron chi connectivity index (χ4n) is 4.70. The molecule has 38 heavy (non-hydrogen) atoms. The van der Waals surface area contributed by atoms with Crippen LogP contribution in [0.25, 0.3) is 0 Å². The van der Waals surface area contributed by atoms with E-state index in [1.165, 1.54) is 0 Å². The van der Waals surface area contributed by atoms with Crippen molar-refractivity contribution in [1.29, 1.82) is 0 Å². The summed E-state index contributed by atoms with van der Waals surface area (Å²) in [7, 11) is 3.27. The summed E-state index contributed by atoms with van der Waals surface area (Å²) >= 11 is 0. The molecule has 0 radical (unpaired) electrons. The maximum Gasteiger partial charge on any atom is 0.317 e. The maximum atomic E-state index is 14.2. The molecule has 9 heteroatoms. The fourth-order valence-corrected chi connectivity index (χ4v) is 4.70. The Balaban J connectivity index is 2.02. The van der Waals surface area contributed by atoms with Gasteiger partial charge in [0.1, 0.15) is 6.04 Å². The number of hydrazine groups is 1. The minimum Gasteiger partial charge on any atom is -0.341 e. The van der Waals surface area contributed by atoms with E-state index in [9.17, 15) is 14.4 Å². The van der Waals surface area contributed by atoms with Crippen molar-refractivity contribution in [2.75, 3.05) is 27.2 Å². The van der Waals surface area contributed by atoms with Crippen LogP contribution in [0.1, 0.15) is 56.7 Å². The van der Waals surface area contributed by atoms with Gasteiger partial charge in [0.25, 0.3) is 5.91 Å². The average molecular weight is 523 g/mol. The molecule has 3 atom stereocenters. The summed E-state index contributed by atoms with van der Waals surface area (Å²) in [5.41, 5.74) is 5.62. The van der Waals surface area contributed by atoms with Gasteiger partial charge in [0, 0.05) is 13.6 Å². The van der Waals surface area contributed by atoms with Crippen molar-refractivity contribution in [3.8, 4) is 0 Å². The Hall–Kier alpha value is -3.43. The van der Waals surface area contributed by atoms with Crippen LogP contribution < -0.4 is 21.4 Å². The number of carbonyl (C=O) groups excluding carboxylic acids is 3. The molecule has 2 aromatic rings. The zero-order valence-corrected chi connectivity index (χ0v) is 22.9. The minimum atomic E-state index is -0.903. The molecule has 9 nitrogen and oxygen atoms in total. The molecule has 1 saturated heterocycles. The highest BCUT2D eigenvalue weighted by molar-refractivity contribution is 5.90. The van der Waals surface area contributed by atoms with E-state index in [4.69, 9.17) is 0 Å². The van der Waals surface area contributed by atoms with Gasteiger partial charge in [-0.15, -0.1) is 0 Å². The Kier molecular flexibility index (Phi) is 11.1. The molecular weight excluding hydrogens is 480 g/mol. The lowest BCUT2D eigenvalue weighted by Gasteiger charge is -2.42. The van der Waals surface area contributed by atoms with E-state index in [1.807, 2.05) is 60.7 Å². The maximum absolute atomic E-state index is 14.2. The molecule has 3 rings (SSSR count). The van der Waals surface area contributed by atoms with Gasteiger partial charge in [-0.3, -0.25) is 14.6 Å². The third-order valence-corrected chi connectivity index (χ3v) is 7.10. The molecule has 4 N–H and O–H groups in total. The number of benzene rings is 2. The molecule has 1 aliphatic rings. The van der Waals surface area contributed by atoms with Crippen LogP contribution in [-0.4, -0.2) is 73.1 Å². The summed E-state index contributed by atoms with van der Waals surface area (Å²) < 4.78 is 0. The Morgan fingerprint density at radius 2 is 1.61 bits per heavy atom. The van der Waals surface area contributed by atoms with Crippen LogP contribution in [0.4, 0.5) is 4.79 Å². The smallest absolute Gasteiger partial charge is 0.317 e. The predicted molar refractivity (Wildman–Crippen MR) is 149 cm³/mol. The largest absolute Gasteiger partial charge is 0.341 e. The number of carbonyl (C=O) groups is 3. The van der Waals surface area contributed by atoms with Crippen molar-refractivity contribution < 1.29 is 14.4 Å². The fraction of sp³-hybridized carbons (Fsp3) is 0.483. The van der Waals surface area contributed by atoms with Gasteiger partial charge in [0.15, 0.2) is 0 Å². The van der Waals surface area contributed by atoms with Gasteiger partial charge in [-0.25, -0.2) is 10.2 Å². The molecule has 1 fully saturated rings. The highest BCUT2D eigenvalue weighted by Crippen LogP contribution is 2.25. The van der Waals surface area contributed by atoms with Crippen LogP contribution in [0.5, 0.6) is 0 Å². The molecule has 0 unspecified atom stereocenters. The quantitative estimate of drug-likeness (QED) is 0.384. The van der Waals surface area contributed by atoms with E-state index in [0.717, 1.165) is 30.4 Å². The van der Waals surface area contributed by atoms with E-state index >= 15 is 0 Å². The summed E-state index contributed by atoms with van der Waals surface area (Å²) in [4.78, 5) is 41.4. The predicted octanol–water partition coefficient (Wildman–Crippen LogP) is 2.81. The normalized spacial score (nSPS) is 19.0. The topological polar surface area (TPSA) is 106 Å². The molecular formula is C29H42N6O3. The Bertz CT molecular complexity index is 996. The number of likely N-dealkylation sites (N-methyl/N-ethyl adjacent to an activating group) is 1. The van der Waals surface area contributed by atoms with Gasteiger partial charge in [-0.05, 0) is 37.9 Å². The first-order valence-electron chi connectivity index (χ1n) is 13.5. The first-order valence-corrected chi connectivity index (χ1v) is 13.5. The second-order valence-electron chi connectivity index (χ2n) is 9.75. The summed E-state index contributed by atoms with van der Waals surface area (Å²) in [5, 5.41) is 10.2. The van der Waals surface area contributed by atoms with Crippen molar-refractivity contribution in [3.63, 3.8) is 0 Å². The molecule has 2 aromatic carbocycles. The SMILES string of the molecule is CCCC[C@@H]1CCN(C(=O)NC)C[C@H](NC(=O)[C@H](C)NC)C(=O)N1NC(c1ccccc1)c1ccccc1. The summed E-state index contributed by atoms with van der Waals surface area (Å²) in [6.07, 6.45) is 3.32. The van der Waals surface area contributed by atoms with E-state index < -0.39 is 12.1 Å². The molecule has 4 amide bonds. The summed E-state index contributed by atoms with van der Waals surface area (Å²) in [6, 6.07) is 18.0. The number of amides is 4. The number of hydrogen-bond donors (Lipinski definition) is 4. The molecule has 0 bridgehead atoms. The van der Waals surface area contributed by atoms with Crippen LogP contribution in [0.15, 0.2) is 60.7 Å². The Labute approximate surface area is 226 Å². The highest BCUT2D eigenvalue weighted by atomic mass is 16.2. The second kappa shape index (κ2) is 14.5. The molecule has 0 saturated carbocycles. The number of rotatable bonds is 10. The van der Waals surface area contributed by atoms with E-state index in [-0.39, 0.29) is 36.5 Å². The first kappa shape index (κ1) is 29.1. The molecule has 0 aromatic heterocycles. The van der Waals surface area contributed by atoms with Gasteiger partial charge < -0.3 is 20.9 Å². The van der Waals surface area contributed by atoms with Crippen LogP contribution in [0.2, 0.25) is 0 Å². The summed E-state index contributed by atoms with van der Waals surface area (Å²) in [5.74, 6) is -0.552. The van der Waals surface area contributed by atoms with Crippen LogP contribution >= 0.6 is 0 Å². The minimum absolute atomic E-state index is 0.0840. The highest BCUT2D eigenvalue weighted by Gasteiger charge is 2.37. The van der Waals surface area contributed by atoms with Crippen LogP contribution in [-0.2, 0) is 9.59 Å². The first-order chi connectivity index (χ1) is 18.4. The van der Waals surface area contributed by atoms with Crippen molar-refractivity contribution >= 4 is 17.8 Å². The number of nitrogens with zero attached hydrogens (tertiary/aromatic N) is 2. The van der Waals surface area contributed by atoms with Crippen LogP contribution in [0.3, 0.4) is 0 Å². The van der Waals surface area contributed by atoms with Gasteiger partial charge in [0.2, 0.25) is 5.91 Å². The molecule has 206 valence electrons. The lowest BCUT2D eigenvalue weighted by molar-refractivity contribution is -0.144. The summed E-state index contributed by atoms with van der Waals surface area (Å²) in [6.45, 7) is 4.41. The zero-order valence-electron chi connectivity index (χ0n) is 22.9. The monoisotopic (exact) mass is 522 g/mol. The van der Waals surface area contributed by atoms with Gasteiger partial charge in [0.05, 0.1) is 24.7 Å². The average Bonchev–Trinajstić information content (AvgIpc) is 2.95. The number of nitrogens with one attached hydrogen (secondary N) is 4. The van der Waals surface area contributed by atoms with Gasteiger partial charge in [-0.1, -0.05) is 80.4 Å². The molecule has 1 heterocycles. The number of unbranched alkanes of at least 4 members (excludes halogenated alkanes) is 1. The van der Waals surface area contributed by atoms with Crippen molar-refractivity contribution in [3.05, 3.63) is 71.8 Å². The molecule has 0 aliphatic carbocycles. The zero-order chi connectivity index (χ0) is 27.5. The standard InChI is InChI=1S/C29H42N6O3/c1-5-6-17-24-18-19-34(29(38)31-4)20-25(32-27(36)21(2)30-3)28(37)35(24)33-26(22-13-9-7-10-14-22)23-15-11-8-12-16-23/h7-16,21,24-26,30,33H,5-6,17-20H2,1-4H3,(H,31,38)(H,32,36)/t21-,24+,25-/m0/s1. The van der Waals surface area contributed by atoms with Crippen molar-refractivity contribution in [2.45, 2.75) is 63.7 Å². The van der Waals surface area contributed by atoms with Crippen molar-refractivity contribution in [2.24, 2.45) is 0 Å². The van der Waals surface area contributed by atoms with Gasteiger partial charge >= 0.3 is 6.03 Å². The lowest BCUT2D eigenvalue weighted by atomic mass is 9.98. The Morgan fingerprint density at radius 3 is 2.13 bits per heavy atom. The third-order valence-electron chi connectivity index (χ3n) is 7.10. The number of urea groups is 1. The second-order valence-corrected chi connectivity index (χ2v) is 9.75. The number of hydrogen-bond acceptors (Lipinski definition) is 5. The Morgan fingerprint density at radius 1 is 1.00 bits per heavy atom. The van der Waals surface area contributed by atoms with E-state index in [0.29, 0.717) is 13.0 Å². The van der Waals surface area contributed by atoms with Crippen LogP contribution in [0, 0.1) is 0 Å². The van der Waals surface area contributed by atoms with E-state index in [2.05, 4.69) is 28.3 Å². The van der Waals surface area contributed by atoms with E-state index in [1.54, 1.807) is 30.9 Å². The third kappa shape index (κ3) is 7.55. The lowest BCUT2D eigenvalue weighted by Crippen LogP contribution is -2.64. The van der Waals surface area contributed by atoms with Crippen molar-refractivity contribution in [1.82, 2.24) is 31.3 Å². The van der Waals surface area contributed by atoms with Gasteiger partial charge in [-0.2, -0.15) is 0 Å². The molecule has 0 spiro atoms. The molecule has 1 aliphatic heterocycles.